The van der Waals surface area contributed by atoms with Crippen LogP contribution in [0, 0.1) is 12.7 Å². The molecular weight excluding hydrogens is 401 g/mol. The number of hydrogen-bond donors (Lipinski definition) is 1. The van der Waals surface area contributed by atoms with Crippen LogP contribution in [-0.2, 0) is 0 Å². The summed E-state index contributed by atoms with van der Waals surface area (Å²) in [5, 5.41) is 3.07. The standard InChI is InChI=1S/C24H16FNO5/c1-13-3-2-4-17-21(27)20(15-7-10-18-19(11-15)30-12-29-18)24(31-22(13)17)26-23(28)14-5-8-16(25)9-6-14/h2-11H,12H2,1H3,(H,26,28). The highest BCUT2D eigenvalue weighted by molar-refractivity contribution is 6.06. The Balaban J connectivity index is 1.69. The van der Waals surface area contributed by atoms with E-state index >= 15 is 0 Å². The molecule has 6 nitrogen and oxygen atoms in total. The lowest BCUT2D eigenvalue weighted by Gasteiger charge is -2.13. The molecule has 5 rings (SSSR count). The van der Waals surface area contributed by atoms with E-state index in [0.29, 0.717) is 28.0 Å². The first-order chi connectivity index (χ1) is 15.0. The number of amides is 1. The molecule has 0 saturated heterocycles. The minimum Gasteiger partial charge on any atom is -0.454 e. The Morgan fingerprint density at radius 1 is 1.00 bits per heavy atom. The van der Waals surface area contributed by atoms with Crippen molar-refractivity contribution in [3.05, 3.63) is 87.8 Å². The van der Waals surface area contributed by atoms with E-state index in [1.54, 1.807) is 30.3 Å². The molecule has 1 N–H and O–H groups in total. The van der Waals surface area contributed by atoms with Crippen molar-refractivity contribution >= 4 is 22.8 Å². The van der Waals surface area contributed by atoms with E-state index in [9.17, 15) is 14.0 Å². The van der Waals surface area contributed by atoms with Crippen molar-refractivity contribution in [1.29, 1.82) is 0 Å². The average Bonchev–Trinajstić information content (AvgIpc) is 3.23. The third-order valence-electron chi connectivity index (χ3n) is 5.11. The number of fused-ring (bicyclic) bond motifs is 2. The molecule has 0 bridgehead atoms. The highest BCUT2D eigenvalue weighted by Crippen LogP contribution is 2.38. The Kier molecular flexibility index (Phi) is 4.43. The number of aryl methyl sites for hydroxylation is 1. The summed E-state index contributed by atoms with van der Waals surface area (Å²) in [6, 6.07) is 15.4. The van der Waals surface area contributed by atoms with Gasteiger partial charge in [-0.1, -0.05) is 18.2 Å². The molecule has 4 aromatic rings. The summed E-state index contributed by atoms with van der Waals surface area (Å²) >= 11 is 0. The van der Waals surface area contributed by atoms with E-state index in [1.807, 2.05) is 13.0 Å². The Morgan fingerprint density at radius 2 is 1.77 bits per heavy atom. The minimum absolute atomic E-state index is 0.00000898. The first-order valence-corrected chi connectivity index (χ1v) is 9.54. The molecule has 2 heterocycles. The molecule has 0 aliphatic carbocycles. The first kappa shape index (κ1) is 18.9. The van der Waals surface area contributed by atoms with Gasteiger partial charge >= 0.3 is 0 Å². The lowest BCUT2D eigenvalue weighted by molar-refractivity contribution is 0.102. The Morgan fingerprint density at radius 3 is 2.58 bits per heavy atom. The second-order valence-electron chi connectivity index (χ2n) is 7.12. The van der Waals surface area contributed by atoms with Gasteiger partial charge in [-0.25, -0.2) is 4.39 Å². The number of hydrogen-bond acceptors (Lipinski definition) is 5. The van der Waals surface area contributed by atoms with Crippen molar-refractivity contribution < 1.29 is 23.1 Å². The number of nitrogens with one attached hydrogen (secondary N) is 1. The summed E-state index contributed by atoms with van der Waals surface area (Å²) in [6.45, 7) is 1.91. The normalized spacial score (nSPS) is 12.2. The van der Waals surface area contributed by atoms with Gasteiger partial charge in [-0.05, 0) is 60.5 Å². The fourth-order valence-electron chi connectivity index (χ4n) is 3.54. The van der Waals surface area contributed by atoms with Crippen molar-refractivity contribution in [3.63, 3.8) is 0 Å². The van der Waals surface area contributed by atoms with Crippen LogP contribution in [-0.4, -0.2) is 12.7 Å². The van der Waals surface area contributed by atoms with Gasteiger partial charge in [0.15, 0.2) is 11.5 Å². The maximum atomic E-state index is 13.4. The minimum atomic E-state index is -0.530. The second kappa shape index (κ2) is 7.28. The van der Waals surface area contributed by atoms with E-state index in [1.165, 1.54) is 24.3 Å². The van der Waals surface area contributed by atoms with Crippen LogP contribution in [0.2, 0.25) is 0 Å². The highest BCUT2D eigenvalue weighted by atomic mass is 19.1. The molecule has 0 unspecified atom stereocenters. The molecule has 154 valence electrons. The summed E-state index contributed by atoms with van der Waals surface area (Å²) in [6.07, 6.45) is 0. The van der Waals surface area contributed by atoms with E-state index < -0.39 is 11.7 Å². The SMILES string of the molecule is Cc1cccc2c(=O)c(-c3ccc4c(c3)OCO4)c(NC(=O)c3ccc(F)cc3)oc12. The molecule has 3 aromatic carbocycles. The number of benzene rings is 3. The van der Waals surface area contributed by atoms with Crippen LogP contribution < -0.4 is 20.2 Å². The zero-order chi connectivity index (χ0) is 21.5. The second-order valence-corrected chi connectivity index (χ2v) is 7.12. The molecule has 7 heteroatoms. The third kappa shape index (κ3) is 3.30. The van der Waals surface area contributed by atoms with E-state index in [-0.39, 0.29) is 29.2 Å². The molecule has 0 saturated carbocycles. The van der Waals surface area contributed by atoms with Crippen LogP contribution in [0.25, 0.3) is 22.1 Å². The molecule has 0 fully saturated rings. The van der Waals surface area contributed by atoms with E-state index in [2.05, 4.69) is 5.32 Å². The Labute approximate surface area is 175 Å². The quantitative estimate of drug-likeness (QED) is 0.514. The molecule has 1 aliphatic rings. The van der Waals surface area contributed by atoms with Gasteiger partial charge < -0.3 is 13.9 Å². The predicted molar refractivity (Wildman–Crippen MR) is 113 cm³/mol. The van der Waals surface area contributed by atoms with Gasteiger partial charge in [-0.2, -0.15) is 0 Å². The number of rotatable bonds is 3. The molecule has 0 radical (unpaired) electrons. The number of carbonyl (C=O) groups is 1. The first-order valence-electron chi connectivity index (χ1n) is 9.54. The van der Waals surface area contributed by atoms with Crippen molar-refractivity contribution in [2.45, 2.75) is 6.92 Å². The predicted octanol–water partition coefficient (Wildman–Crippen LogP) is 4.89. The van der Waals surface area contributed by atoms with Crippen LogP contribution in [0.5, 0.6) is 11.5 Å². The number of para-hydroxylation sites is 1. The highest BCUT2D eigenvalue weighted by Gasteiger charge is 2.22. The van der Waals surface area contributed by atoms with Crippen molar-refractivity contribution in [1.82, 2.24) is 0 Å². The van der Waals surface area contributed by atoms with Crippen molar-refractivity contribution in [2.24, 2.45) is 0 Å². The fraction of sp³-hybridized carbons (Fsp3) is 0.0833. The van der Waals surface area contributed by atoms with Crippen molar-refractivity contribution in [3.8, 4) is 22.6 Å². The van der Waals surface area contributed by atoms with Gasteiger partial charge in [0, 0.05) is 5.56 Å². The summed E-state index contributed by atoms with van der Waals surface area (Å²) in [5.41, 5.74) is 1.77. The summed E-state index contributed by atoms with van der Waals surface area (Å²) < 4.78 is 30.0. The van der Waals surface area contributed by atoms with E-state index in [4.69, 9.17) is 13.9 Å². The average molecular weight is 417 g/mol. The van der Waals surface area contributed by atoms with Crippen LogP contribution in [0.3, 0.4) is 0 Å². The number of ether oxygens (including phenoxy) is 2. The maximum absolute atomic E-state index is 13.4. The largest absolute Gasteiger partial charge is 0.454 e. The third-order valence-corrected chi connectivity index (χ3v) is 5.11. The number of halogens is 1. The monoisotopic (exact) mass is 417 g/mol. The van der Waals surface area contributed by atoms with Crippen LogP contribution in [0.1, 0.15) is 15.9 Å². The van der Waals surface area contributed by atoms with Gasteiger partial charge in [0.05, 0.1) is 10.9 Å². The Bertz CT molecular complexity index is 1390. The zero-order valence-corrected chi connectivity index (χ0v) is 16.4. The summed E-state index contributed by atoms with van der Waals surface area (Å²) in [5.74, 6) is 0.0854. The summed E-state index contributed by atoms with van der Waals surface area (Å²) in [7, 11) is 0. The molecule has 0 atom stereocenters. The molecule has 1 aliphatic heterocycles. The lowest BCUT2D eigenvalue weighted by atomic mass is 10.0. The Hall–Kier alpha value is -4.13. The van der Waals surface area contributed by atoms with Crippen LogP contribution >= 0.6 is 0 Å². The fourth-order valence-corrected chi connectivity index (χ4v) is 3.54. The topological polar surface area (TPSA) is 77.8 Å². The summed E-state index contributed by atoms with van der Waals surface area (Å²) in [4.78, 5) is 26.2. The molecular formula is C24H16FNO5. The maximum Gasteiger partial charge on any atom is 0.257 e. The lowest BCUT2D eigenvalue weighted by Crippen LogP contribution is -2.16. The smallest absolute Gasteiger partial charge is 0.257 e. The number of carbonyl (C=O) groups excluding carboxylic acids is 1. The van der Waals surface area contributed by atoms with Gasteiger partial charge in [0.1, 0.15) is 11.4 Å². The molecule has 0 spiro atoms. The van der Waals surface area contributed by atoms with Gasteiger partial charge in [0.25, 0.3) is 5.91 Å². The van der Waals surface area contributed by atoms with Gasteiger partial charge in [0.2, 0.25) is 18.1 Å². The zero-order valence-electron chi connectivity index (χ0n) is 16.4. The van der Waals surface area contributed by atoms with Crippen molar-refractivity contribution in [2.75, 3.05) is 12.1 Å². The van der Waals surface area contributed by atoms with Crippen LogP contribution in [0.15, 0.2) is 69.9 Å². The molecule has 1 amide bonds. The van der Waals surface area contributed by atoms with Gasteiger partial charge in [-0.15, -0.1) is 0 Å². The molecule has 31 heavy (non-hydrogen) atoms. The molecule has 1 aromatic heterocycles. The van der Waals surface area contributed by atoms with E-state index in [0.717, 1.165) is 5.56 Å². The number of anilines is 1. The van der Waals surface area contributed by atoms with Crippen LogP contribution in [0.4, 0.5) is 10.3 Å². The van der Waals surface area contributed by atoms with Gasteiger partial charge in [-0.3, -0.25) is 14.9 Å².